The molecule has 0 radical (unpaired) electrons. The fourth-order valence-corrected chi connectivity index (χ4v) is 3.41. The van der Waals surface area contributed by atoms with Crippen LogP contribution in [0.5, 0.6) is 5.75 Å². The van der Waals surface area contributed by atoms with Gasteiger partial charge in [0, 0.05) is 25.4 Å². The third-order valence-electron chi connectivity index (χ3n) is 3.29. The van der Waals surface area contributed by atoms with E-state index >= 15 is 0 Å². The molecule has 0 unspecified atom stereocenters. The molecular weight excluding hydrogens is 372 g/mol. The molecule has 3 rings (SSSR count). The molecule has 0 aromatic heterocycles. The number of hydrogen-bond acceptors (Lipinski definition) is 3. The molecule has 2 nitrogen and oxygen atoms in total. The number of carbonyl (C=O) groups excluding carboxylic acids is 1. The summed E-state index contributed by atoms with van der Waals surface area (Å²) in [5.74, 6) is -0.0446. The van der Waals surface area contributed by atoms with Crippen molar-refractivity contribution in [2.45, 2.75) is 9.79 Å². The second-order valence-electron chi connectivity index (χ2n) is 4.93. The standard InChI is InChI=1S/C19H13BrO2S/c20-18-11-8-14(21)12-17(18)19(22)13-6-9-16(10-7-13)23-15-4-2-1-3-5-15/h1-12,21H. The van der Waals surface area contributed by atoms with Gasteiger partial charge < -0.3 is 5.11 Å². The molecule has 0 aliphatic carbocycles. The summed E-state index contributed by atoms with van der Waals surface area (Å²) in [6, 6.07) is 22.2. The molecule has 114 valence electrons. The zero-order chi connectivity index (χ0) is 16.2. The Balaban J connectivity index is 1.82. The predicted molar refractivity (Wildman–Crippen MR) is 96.2 cm³/mol. The monoisotopic (exact) mass is 384 g/mol. The zero-order valence-electron chi connectivity index (χ0n) is 12.1. The lowest BCUT2D eigenvalue weighted by atomic mass is 10.0. The minimum Gasteiger partial charge on any atom is -0.508 e. The summed E-state index contributed by atoms with van der Waals surface area (Å²) in [4.78, 5) is 14.8. The van der Waals surface area contributed by atoms with E-state index in [1.54, 1.807) is 23.9 Å². The van der Waals surface area contributed by atoms with Crippen LogP contribution < -0.4 is 0 Å². The van der Waals surface area contributed by atoms with Gasteiger partial charge in [-0.25, -0.2) is 0 Å². The van der Waals surface area contributed by atoms with Crippen LogP contribution >= 0.6 is 27.7 Å². The lowest BCUT2D eigenvalue weighted by Crippen LogP contribution is -2.02. The van der Waals surface area contributed by atoms with Gasteiger partial charge >= 0.3 is 0 Å². The first-order valence-electron chi connectivity index (χ1n) is 7.00. The van der Waals surface area contributed by atoms with Crippen molar-refractivity contribution < 1.29 is 9.90 Å². The maximum absolute atomic E-state index is 12.5. The normalized spacial score (nSPS) is 10.5. The van der Waals surface area contributed by atoms with Crippen LogP contribution in [0.1, 0.15) is 15.9 Å². The molecule has 0 heterocycles. The summed E-state index contributed by atoms with van der Waals surface area (Å²) in [5.41, 5.74) is 1.04. The Hall–Kier alpha value is -2.04. The average Bonchev–Trinajstić information content (AvgIpc) is 2.58. The van der Waals surface area contributed by atoms with Crippen molar-refractivity contribution in [3.8, 4) is 5.75 Å². The van der Waals surface area contributed by atoms with Crippen LogP contribution in [0.2, 0.25) is 0 Å². The Kier molecular flexibility index (Phi) is 4.84. The van der Waals surface area contributed by atoms with E-state index in [1.807, 2.05) is 54.6 Å². The molecule has 0 bridgehead atoms. The third kappa shape index (κ3) is 3.84. The minimum atomic E-state index is -0.121. The molecule has 0 saturated carbocycles. The van der Waals surface area contributed by atoms with E-state index < -0.39 is 0 Å². The second-order valence-corrected chi connectivity index (χ2v) is 6.93. The van der Waals surface area contributed by atoms with Crippen LogP contribution in [0.15, 0.2) is 87.1 Å². The molecule has 0 aliphatic rings. The second kappa shape index (κ2) is 7.02. The molecule has 0 amide bonds. The first-order chi connectivity index (χ1) is 11.1. The highest BCUT2D eigenvalue weighted by Gasteiger charge is 2.13. The van der Waals surface area contributed by atoms with Gasteiger partial charge in [0.2, 0.25) is 0 Å². The molecule has 0 saturated heterocycles. The number of benzene rings is 3. The van der Waals surface area contributed by atoms with Gasteiger partial charge in [-0.15, -0.1) is 0 Å². The van der Waals surface area contributed by atoms with E-state index in [2.05, 4.69) is 15.9 Å². The number of hydrogen-bond donors (Lipinski definition) is 1. The highest BCUT2D eigenvalue weighted by molar-refractivity contribution is 9.10. The van der Waals surface area contributed by atoms with E-state index in [4.69, 9.17) is 0 Å². The van der Waals surface area contributed by atoms with Crippen molar-refractivity contribution in [3.63, 3.8) is 0 Å². The number of ketones is 1. The predicted octanol–water partition coefficient (Wildman–Crippen LogP) is 5.54. The summed E-state index contributed by atoms with van der Waals surface area (Å²) in [6.07, 6.45) is 0. The molecule has 0 atom stereocenters. The van der Waals surface area contributed by atoms with Crippen LogP contribution in [0.3, 0.4) is 0 Å². The van der Waals surface area contributed by atoms with Gasteiger partial charge in [-0.2, -0.15) is 0 Å². The minimum absolute atomic E-state index is 0.0767. The number of phenols is 1. The van der Waals surface area contributed by atoms with Gasteiger partial charge in [0.25, 0.3) is 0 Å². The first kappa shape index (κ1) is 15.8. The van der Waals surface area contributed by atoms with E-state index in [1.165, 1.54) is 6.07 Å². The Bertz CT molecular complexity index is 830. The number of halogens is 1. The molecule has 4 heteroatoms. The Morgan fingerprint density at radius 1 is 0.870 bits per heavy atom. The van der Waals surface area contributed by atoms with Gasteiger partial charge in [-0.05, 0) is 54.6 Å². The third-order valence-corrected chi connectivity index (χ3v) is 5.00. The highest BCUT2D eigenvalue weighted by Crippen LogP contribution is 2.29. The molecule has 23 heavy (non-hydrogen) atoms. The Morgan fingerprint density at radius 3 is 2.22 bits per heavy atom. The molecular formula is C19H13BrO2S. The summed E-state index contributed by atoms with van der Waals surface area (Å²) >= 11 is 5.00. The van der Waals surface area contributed by atoms with E-state index in [-0.39, 0.29) is 11.5 Å². The lowest BCUT2D eigenvalue weighted by Gasteiger charge is -2.06. The Labute approximate surface area is 147 Å². The van der Waals surface area contributed by atoms with E-state index in [0.29, 0.717) is 15.6 Å². The van der Waals surface area contributed by atoms with Crippen molar-refractivity contribution in [2.24, 2.45) is 0 Å². The number of phenolic OH excluding ortho intramolecular Hbond substituents is 1. The van der Waals surface area contributed by atoms with Crippen LogP contribution in [0.25, 0.3) is 0 Å². The van der Waals surface area contributed by atoms with Crippen LogP contribution in [-0.4, -0.2) is 10.9 Å². The van der Waals surface area contributed by atoms with Crippen molar-refractivity contribution >= 4 is 33.5 Å². The van der Waals surface area contributed by atoms with Crippen LogP contribution in [0.4, 0.5) is 0 Å². The molecule has 0 aliphatic heterocycles. The Morgan fingerprint density at radius 2 is 1.52 bits per heavy atom. The quantitative estimate of drug-likeness (QED) is 0.600. The van der Waals surface area contributed by atoms with Crippen molar-refractivity contribution in [2.75, 3.05) is 0 Å². The van der Waals surface area contributed by atoms with Gasteiger partial charge in [0.1, 0.15) is 5.75 Å². The number of carbonyl (C=O) groups is 1. The summed E-state index contributed by atoms with van der Waals surface area (Å²) in [7, 11) is 0. The van der Waals surface area contributed by atoms with Gasteiger partial charge in [0.15, 0.2) is 5.78 Å². The van der Waals surface area contributed by atoms with Crippen LogP contribution in [0, 0.1) is 0 Å². The number of aromatic hydroxyl groups is 1. The maximum atomic E-state index is 12.5. The molecule has 3 aromatic rings. The van der Waals surface area contributed by atoms with E-state index in [9.17, 15) is 9.90 Å². The van der Waals surface area contributed by atoms with E-state index in [0.717, 1.165) is 9.79 Å². The topological polar surface area (TPSA) is 37.3 Å². The maximum Gasteiger partial charge on any atom is 0.194 e. The largest absolute Gasteiger partial charge is 0.508 e. The summed E-state index contributed by atoms with van der Waals surface area (Å²) in [6.45, 7) is 0. The fraction of sp³-hybridized carbons (Fsp3) is 0. The van der Waals surface area contributed by atoms with Crippen molar-refractivity contribution in [3.05, 3.63) is 88.4 Å². The van der Waals surface area contributed by atoms with Gasteiger partial charge in [-0.3, -0.25) is 4.79 Å². The average molecular weight is 385 g/mol. The first-order valence-corrected chi connectivity index (χ1v) is 8.60. The molecule has 0 spiro atoms. The molecule has 0 fully saturated rings. The lowest BCUT2D eigenvalue weighted by molar-refractivity contribution is 0.103. The smallest absolute Gasteiger partial charge is 0.194 e. The summed E-state index contributed by atoms with van der Waals surface area (Å²) in [5, 5.41) is 9.57. The fourth-order valence-electron chi connectivity index (χ4n) is 2.14. The van der Waals surface area contributed by atoms with Crippen LogP contribution in [-0.2, 0) is 0 Å². The van der Waals surface area contributed by atoms with Crippen molar-refractivity contribution in [1.29, 1.82) is 0 Å². The SMILES string of the molecule is O=C(c1ccc(Sc2ccccc2)cc1)c1cc(O)ccc1Br. The summed E-state index contributed by atoms with van der Waals surface area (Å²) < 4.78 is 0.669. The van der Waals surface area contributed by atoms with Gasteiger partial charge in [0.05, 0.1) is 0 Å². The molecule has 1 N–H and O–H groups in total. The zero-order valence-corrected chi connectivity index (χ0v) is 14.5. The van der Waals surface area contributed by atoms with Crippen molar-refractivity contribution in [1.82, 2.24) is 0 Å². The molecule has 3 aromatic carbocycles. The van der Waals surface area contributed by atoms with Gasteiger partial charge in [-0.1, -0.05) is 45.9 Å². The number of rotatable bonds is 4. The highest BCUT2D eigenvalue weighted by atomic mass is 79.9.